The van der Waals surface area contributed by atoms with Crippen LogP contribution in [0.15, 0.2) is 47.4 Å². The lowest BCUT2D eigenvalue weighted by molar-refractivity contribution is -0.385. The molecule has 1 N–H and O–H groups in total. The molecule has 0 unspecified atom stereocenters. The number of non-ortho nitro benzene ring substituents is 1. The summed E-state index contributed by atoms with van der Waals surface area (Å²) in [6, 6.07) is 7.47. The highest BCUT2D eigenvalue weighted by atomic mass is 32.2. The first kappa shape index (κ1) is 23.3. The van der Waals surface area contributed by atoms with E-state index in [2.05, 4.69) is 5.32 Å². The number of benzene rings is 2. The van der Waals surface area contributed by atoms with Crippen molar-refractivity contribution in [3.63, 3.8) is 0 Å². The number of hydrogen-bond acceptors (Lipinski definition) is 5. The highest BCUT2D eigenvalue weighted by Crippen LogP contribution is 2.32. The maximum atomic E-state index is 13.0. The lowest BCUT2D eigenvalue weighted by Gasteiger charge is -2.26. The van der Waals surface area contributed by atoms with E-state index in [0.717, 1.165) is 36.6 Å². The molecule has 0 aliphatic heterocycles. The zero-order chi connectivity index (χ0) is 22.9. The van der Waals surface area contributed by atoms with Crippen molar-refractivity contribution in [3.05, 3.63) is 69.3 Å². The standard InChI is InChI=1S/C19H19F3N2O5S/c1-18(2,13-5-4-6-14(9-13)19(20,21)22)11-23-17(25)12-7-15(24(26)27)10-16(8-12)30(3,28)29/h4-10H,11H2,1-3H3,(H,23,25). The van der Waals surface area contributed by atoms with Crippen LogP contribution in [-0.2, 0) is 21.4 Å². The summed E-state index contributed by atoms with van der Waals surface area (Å²) >= 11 is 0. The van der Waals surface area contributed by atoms with Gasteiger partial charge >= 0.3 is 6.18 Å². The second kappa shape index (κ2) is 8.05. The van der Waals surface area contributed by atoms with Crippen LogP contribution in [0, 0.1) is 10.1 Å². The molecule has 30 heavy (non-hydrogen) atoms. The quantitative estimate of drug-likeness (QED) is 0.540. The second-order valence-electron chi connectivity index (χ2n) is 7.39. The Morgan fingerprint density at radius 1 is 1.10 bits per heavy atom. The number of hydrogen-bond donors (Lipinski definition) is 1. The molecule has 2 aromatic carbocycles. The average Bonchev–Trinajstić information content (AvgIpc) is 2.64. The van der Waals surface area contributed by atoms with Crippen molar-refractivity contribution in [3.8, 4) is 0 Å². The molecule has 0 saturated carbocycles. The molecule has 1 amide bonds. The van der Waals surface area contributed by atoms with Gasteiger partial charge < -0.3 is 5.32 Å². The SMILES string of the molecule is CC(C)(CNC(=O)c1cc([N+](=O)[O-])cc(S(C)(=O)=O)c1)c1cccc(C(F)(F)F)c1. The maximum absolute atomic E-state index is 13.0. The van der Waals surface area contributed by atoms with Crippen LogP contribution in [0.25, 0.3) is 0 Å². The molecule has 0 aliphatic carbocycles. The first-order valence-electron chi connectivity index (χ1n) is 8.57. The number of nitro benzene ring substituents is 1. The average molecular weight is 444 g/mol. The number of nitro groups is 1. The van der Waals surface area contributed by atoms with Gasteiger partial charge in [0.05, 0.1) is 15.4 Å². The molecule has 0 radical (unpaired) electrons. The molecule has 162 valence electrons. The topological polar surface area (TPSA) is 106 Å². The summed E-state index contributed by atoms with van der Waals surface area (Å²) in [6.45, 7) is 3.15. The number of sulfone groups is 1. The minimum absolute atomic E-state index is 0.0932. The Kier molecular flexibility index (Phi) is 6.26. The highest BCUT2D eigenvalue weighted by molar-refractivity contribution is 7.90. The van der Waals surface area contributed by atoms with E-state index in [1.54, 1.807) is 13.8 Å². The van der Waals surface area contributed by atoms with Crippen LogP contribution in [0.4, 0.5) is 18.9 Å². The largest absolute Gasteiger partial charge is 0.416 e. The number of nitrogens with one attached hydrogen (secondary N) is 1. The molecule has 2 aromatic rings. The third-order valence-corrected chi connectivity index (χ3v) is 5.55. The van der Waals surface area contributed by atoms with Gasteiger partial charge in [0.2, 0.25) is 0 Å². The van der Waals surface area contributed by atoms with Gasteiger partial charge in [0.1, 0.15) is 0 Å². The van der Waals surface area contributed by atoms with Crippen LogP contribution in [0.3, 0.4) is 0 Å². The number of carbonyl (C=O) groups is 1. The number of carbonyl (C=O) groups excluding carboxylic acids is 1. The van der Waals surface area contributed by atoms with Gasteiger partial charge in [-0.2, -0.15) is 13.2 Å². The Bertz CT molecular complexity index is 1100. The number of alkyl halides is 3. The summed E-state index contributed by atoms with van der Waals surface area (Å²) in [5, 5.41) is 13.6. The number of amides is 1. The molecule has 0 heterocycles. The van der Waals surface area contributed by atoms with Crippen molar-refractivity contribution in [2.75, 3.05) is 12.8 Å². The molecule has 7 nitrogen and oxygen atoms in total. The molecule has 0 aromatic heterocycles. The molecule has 11 heteroatoms. The molecule has 0 bridgehead atoms. The number of nitrogens with zero attached hydrogens (tertiary/aromatic N) is 1. The lowest BCUT2D eigenvalue weighted by atomic mass is 9.83. The lowest BCUT2D eigenvalue weighted by Crippen LogP contribution is -2.37. The first-order valence-corrected chi connectivity index (χ1v) is 10.5. The molecular weight excluding hydrogens is 425 g/mol. The number of halogens is 3. The molecule has 0 aliphatic rings. The highest BCUT2D eigenvalue weighted by Gasteiger charge is 2.32. The fourth-order valence-electron chi connectivity index (χ4n) is 2.66. The Morgan fingerprint density at radius 2 is 1.70 bits per heavy atom. The first-order chi connectivity index (χ1) is 13.6. The fourth-order valence-corrected chi connectivity index (χ4v) is 3.33. The van der Waals surface area contributed by atoms with Gasteiger partial charge in [-0.1, -0.05) is 32.0 Å². The summed E-state index contributed by atoms with van der Waals surface area (Å²) in [4.78, 5) is 22.3. The van der Waals surface area contributed by atoms with Gasteiger partial charge in [-0.25, -0.2) is 8.42 Å². The molecular formula is C19H19F3N2O5S. The van der Waals surface area contributed by atoms with Crippen LogP contribution in [-0.4, -0.2) is 32.0 Å². The van der Waals surface area contributed by atoms with E-state index in [4.69, 9.17) is 0 Å². The molecule has 2 rings (SSSR count). The normalized spacial score (nSPS) is 12.5. The zero-order valence-corrected chi connectivity index (χ0v) is 17.1. The van der Waals surface area contributed by atoms with Gasteiger partial charge in [0.15, 0.2) is 9.84 Å². The Morgan fingerprint density at radius 3 is 2.23 bits per heavy atom. The van der Waals surface area contributed by atoms with E-state index < -0.39 is 43.5 Å². The summed E-state index contributed by atoms with van der Waals surface area (Å²) in [5.41, 5.74) is -2.22. The minimum Gasteiger partial charge on any atom is -0.351 e. The van der Waals surface area contributed by atoms with Crippen molar-refractivity contribution < 1.29 is 31.3 Å². The predicted molar refractivity (Wildman–Crippen MR) is 103 cm³/mol. The van der Waals surface area contributed by atoms with E-state index in [1.807, 2.05) is 0 Å². The molecule has 0 atom stereocenters. The summed E-state index contributed by atoms with van der Waals surface area (Å²) < 4.78 is 62.4. The van der Waals surface area contributed by atoms with Crippen LogP contribution >= 0.6 is 0 Å². The molecule has 0 fully saturated rings. The third kappa shape index (κ3) is 5.56. The van der Waals surface area contributed by atoms with Crippen molar-refractivity contribution in [2.24, 2.45) is 0 Å². The Labute approximate surface area is 171 Å². The number of rotatable bonds is 6. The van der Waals surface area contributed by atoms with E-state index in [0.29, 0.717) is 5.56 Å². The van der Waals surface area contributed by atoms with Crippen molar-refractivity contribution in [1.82, 2.24) is 5.32 Å². The van der Waals surface area contributed by atoms with E-state index >= 15 is 0 Å². The monoisotopic (exact) mass is 444 g/mol. The van der Waals surface area contributed by atoms with Gasteiger partial charge in [0.25, 0.3) is 11.6 Å². The van der Waals surface area contributed by atoms with Crippen LogP contribution in [0.5, 0.6) is 0 Å². The molecule has 0 spiro atoms. The third-order valence-electron chi connectivity index (χ3n) is 4.45. The minimum atomic E-state index is -4.51. The van der Waals surface area contributed by atoms with Gasteiger partial charge in [-0.15, -0.1) is 0 Å². The van der Waals surface area contributed by atoms with Gasteiger partial charge in [-0.3, -0.25) is 14.9 Å². The van der Waals surface area contributed by atoms with E-state index in [9.17, 15) is 36.5 Å². The summed E-state index contributed by atoms with van der Waals surface area (Å²) in [6.07, 6.45) is -3.66. The summed E-state index contributed by atoms with van der Waals surface area (Å²) in [5.74, 6) is -0.788. The van der Waals surface area contributed by atoms with Gasteiger partial charge in [0, 0.05) is 35.9 Å². The van der Waals surface area contributed by atoms with Crippen LogP contribution < -0.4 is 5.32 Å². The van der Waals surface area contributed by atoms with Crippen LogP contribution in [0.1, 0.15) is 35.3 Å². The van der Waals surface area contributed by atoms with Crippen molar-refractivity contribution >= 4 is 21.4 Å². The second-order valence-corrected chi connectivity index (χ2v) is 9.41. The van der Waals surface area contributed by atoms with E-state index in [1.165, 1.54) is 12.1 Å². The zero-order valence-electron chi connectivity index (χ0n) is 16.3. The van der Waals surface area contributed by atoms with Crippen molar-refractivity contribution in [1.29, 1.82) is 0 Å². The Hall–Kier alpha value is -2.95. The maximum Gasteiger partial charge on any atom is 0.416 e. The predicted octanol–water partition coefficient (Wildman–Crippen LogP) is 3.72. The summed E-state index contributed by atoms with van der Waals surface area (Å²) in [7, 11) is -3.81. The smallest absolute Gasteiger partial charge is 0.351 e. The van der Waals surface area contributed by atoms with Crippen LogP contribution in [0.2, 0.25) is 0 Å². The van der Waals surface area contributed by atoms with Crippen molar-refractivity contribution in [2.45, 2.75) is 30.3 Å². The molecule has 0 saturated heterocycles. The fraction of sp³-hybridized carbons (Fsp3) is 0.316. The van der Waals surface area contributed by atoms with E-state index in [-0.39, 0.29) is 17.0 Å². The van der Waals surface area contributed by atoms with Gasteiger partial charge in [-0.05, 0) is 17.7 Å². The Balaban J connectivity index is 2.28.